The normalized spacial score (nSPS) is 10.4. The van der Waals surface area contributed by atoms with Crippen LogP contribution in [0.5, 0.6) is 0 Å². The lowest BCUT2D eigenvalue weighted by atomic mass is 10.2. The summed E-state index contributed by atoms with van der Waals surface area (Å²) >= 11 is 0.909. The quantitative estimate of drug-likeness (QED) is 0.710. The lowest BCUT2D eigenvalue weighted by Gasteiger charge is -1.98. The molecule has 0 unspecified atom stereocenters. The summed E-state index contributed by atoms with van der Waals surface area (Å²) in [4.78, 5) is 35.4. The van der Waals surface area contributed by atoms with E-state index in [1.807, 2.05) is 0 Å². The third-order valence-electron chi connectivity index (χ3n) is 2.60. The molecule has 0 aliphatic rings. The standard InChI is InChI=1S/C13H8N4O4S/c18-10(7-6-14-3-4-15-7)11-9(8-2-1-5-21-8)16-12(22-11)17-13(19)20/h1-6H,(H,16,17)(H,19,20). The predicted octanol–water partition coefficient (Wildman–Crippen LogP) is 2.51. The third kappa shape index (κ3) is 2.69. The summed E-state index contributed by atoms with van der Waals surface area (Å²) in [6.45, 7) is 0. The molecule has 3 heterocycles. The van der Waals surface area contributed by atoms with Crippen LogP contribution in [0.3, 0.4) is 0 Å². The first kappa shape index (κ1) is 13.9. The molecule has 110 valence electrons. The van der Waals surface area contributed by atoms with E-state index < -0.39 is 11.9 Å². The van der Waals surface area contributed by atoms with Crippen molar-refractivity contribution in [2.24, 2.45) is 0 Å². The number of nitrogens with one attached hydrogen (secondary N) is 1. The lowest BCUT2D eigenvalue weighted by Crippen LogP contribution is -2.06. The zero-order valence-electron chi connectivity index (χ0n) is 10.9. The number of thiazole rings is 1. The largest absolute Gasteiger partial charge is 0.465 e. The number of nitrogens with zero attached hydrogens (tertiary/aromatic N) is 3. The maximum atomic E-state index is 12.5. The molecular weight excluding hydrogens is 308 g/mol. The molecule has 9 heteroatoms. The van der Waals surface area contributed by atoms with Gasteiger partial charge in [-0.3, -0.25) is 15.1 Å². The Morgan fingerprint density at radius 1 is 1.32 bits per heavy atom. The number of rotatable bonds is 4. The van der Waals surface area contributed by atoms with Gasteiger partial charge >= 0.3 is 6.09 Å². The first-order valence-corrected chi connectivity index (χ1v) is 6.82. The summed E-state index contributed by atoms with van der Waals surface area (Å²) in [6, 6.07) is 3.28. The maximum Gasteiger partial charge on any atom is 0.410 e. The number of carbonyl (C=O) groups is 2. The Kier molecular flexibility index (Phi) is 3.62. The molecule has 0 aliphatic heterocycles. The minimum atomic E-state index is -1.27. The van der Waals surface area contributed by atoms with Crippen LogP contribution >= 0.6 is 11.3 Å². The summed E-state index contributed by atoms with van der Waals surface area (Å²) in [5.41, 5.74) is 0.398. The van der Waals surface area contributed by atoms with Crippen molar-refractivity contribution in [3.8, 4) is 11.5 Å². The number of hydrogen-bond acceptors (Lipinski definition) is 7. The van der Waals surface area contributed by atoms with Crippen molar-refractivity contribution < 1.29 is 19.1 Å². The van der Waals surface area contributed by atoms with Crippen LogP contribution in [0, 0.1) is 0 Å². The molecule has 0 saturated heterocycles. The van der Waals surface area contributed by atoms with E-state index in [2.05, 4.69) is 20.3 Å². The van der Waals surface area contributed by atoms with Crippen molar-refractivity contribution in [1.82, 2.24) is 15.0 Å². The molecule has 0 saturated carbocycles. The van der Waals surface area contributed by atoms with Crippen molar-refractivity contribution >= 4 is 28.3 Å². The highest BCUT2D eigenvalue weighted by Gasteiger charge is 2.24. The highest BCUT2D eigenvalue weighted by atomic mass is 32.1. The average molecular weight is 316 g/mol. The van der Waals surface area contributed by atoms with Gasteiger partial charge in [0.2, 0.25) is 5.78 Å². The van der Waals surface area contributed by atoms with Gasteiger partial charge in [-0.25, -0.2) is 14.8 Å². The molecular formula is C13H8N4O4S. The molecule has 2 N–H and O–H groups in total. The van der Waals surface area contributed by atoms with Gasteiger partial charge in [0.25, 0.3) is 0 Å². The molecule has 1 amide bonds. The van der Waals surface area contributed by atoms with Gasteiger partial charge in [-0.1, -0.05) is 11.3 Å². The number of carbonyl (C=O) groups excluding carboxylic acids is 1. The number of amides is 1. The Labute approximate surface area is 127 Å². The van der Waals surface area contributed by atoms with E-state index in [1.54, 1.807) is 12.1 Å². The fraction of sp³-hybridized carbons (Fsp3) is 0. The fourth-order valence-electron chi connectivity index (χ4n) is 1.73. The van der Waals surface area contributed by atoms with Crippen LogP contribution in [0.1, 0.15) is 15.4 Å². The zero-order chi connectivity index (χ0) is 15.5. The topological polar surface area (TPSA) is 118 Å². The minimum Gasteiger partial charge on any atom is -0.465 e. The van der Waals surface area contributed by atoms with Crippen LogP contribution in [0.4, 0.5) is 9.93 Å². The molecule has 0 bridgehead atoms. The van der Waals surface area contributed by atoms with Crippen LogP contribution in [0.2, 0.25) is 0 Å². The first-order valence-electron chi connectivity index (χ1n) is 6.00. The van der Waals surface area contributed by atoms with Crippen molar-refractivity contribution in [2.45, 2.75) is 0 Å². The number of anilines is 1. The van der Waals surface area contributed by atoms with Crippen molar-refractivity contribution in [3.05, 3.63) is 47.6 Å². The van der Waals surface area contributed by atoms with Gasteiger partial charge in [-0.2, -0.15) is 0 Å². The molecule has 22 heavy (non-hydrogen) atoms. The first-order chi connectivity index (χ1) is 10.6. The van der Waals surface area contributed by atoms with Crippen LogP contribution in [0.15, 0.2) is 41.4 Å². The van der Waals surface area contributed by atoms with E-state index in [1.165, 1.54) is 24.9 Å². The molecule has 0 aromatic carbocycles. The van der Waals surface area contributed by atoms with Crippen LogP contribution in [0.25, 0.3) is 11.5 Å². The predicted molar refractivity (Wildman–Crippen MR) is 76.9 cm³/mol. The summed E-state index contributed by atoms with van der Waals surface area (Å²) in [5.74, 6) is -0.0441. The number of aromatic nitrogens is 3. The molecule has 3 aromatic rings. The number of furan rings is 1. The Morgan fingerprint density at radius 3 is 2.82 bits per heavy atom. The second-order valence-corrected chi connectivity index (χ2v) is 5.02. The van der Waals surface area contributed by atoms with Gasteiger partial charge in [0.1, 0.15) is 16.3 Å². The molecule has 0 aliphatic carbocycles. The lowest BCUT2D eigenvalue weighted by molar-refractivity contribution is 0.103. The second-order valence-electron chi connectivity index (χ2n) is 4.02. The molecule has 0 atom stereocenters. The Hall–Kier alpha value is -3.07. The zero-order valence-corrected chi connectivity index (χ0v) is 11.7. The van der Waals surface area contributed by atoms with E-state index in [4.69, 9.17) is 9.52 Å². The van der Waals surface area contributed by atoms with Gasteiger partial charge in [0, 0.05) is 12.4 Å². The summed E-state index contributed by atoms with van der Waals surface area (Å²) in [6.07, 6.45) is 4.36. The monoisotopic (exact) mass is 316 g/mol. The Morgan fingerprint density at radius 2 is 2.18 bits per heavy atom. The Bertz CT molecular complexity index is 814. The summed E-state index contributed by atoms with van der Waals surface area (Å²) < 4.78 is 5.25. The van der Waals surface area contributed by atoms with Gasteiger partial charge in [0.15, 0.2) is 10.9 Å². The van der Waals surface area contributed by atoms with E-state index >= 15 is 0 Å². The van der Waals surface area contributed by atoms with E-state index in [0.29, 0.717) is 5.76 Å². The molecule has 0 spiro atoms. The van der Waals surface area contributed by atoms with Crippen LogP contribution in [-0.2, 0) is 0 Å². The second kappa shape index (κ2) is 5.74. The highest BCUT2D eigenvalue weighted by molar-refractivity contribution is 7.18. The van der Waals surface area contributed by atoms with Gasteiger partial charge in [-0.15, -0.1) is 0 Å². The number of ketones is 1. The van der Waals surface area contributed by atoms with Crippen molar-refractivity contribution in [2.75, 3.05) is 5.32 Å². The molecule has 0 fully saturated rings. The van der Waals surface area contributed by atoms with Crippen LogP contribution < -0.4 is 5.32 Å². The van der Waals surface area contributed by atoms with Gasteiger partial charge < -0.3 is 9.52 Å². The van der Waals surface area contributed by atoms with E-state index in [0.717, 1.165) is 11.3 Å². The van der Waals surface area contributed by atoms with E-state index in [9.17, 15) is 9.59 Å². The maximum absolute atomic E-state index is 12.5. The van der Waals surface area contributed by atoms with Crippen LogP contribution in [-0.4, -0.2) is 31.9 Å². The third-order valence-corrected chi connectivity index (χ3v) is 3.57. The summed E-state index contributed by atoms with van der Waals surface area (Å²) in [5, 5.41) is 11.0. The van der Waals surface area contributed by atoms with Crippen molar-refractivity contribution in [1.29, 1.82) is 0 Å². The molecule has 3 aromatic heterocycles. The average Bonchev–Trinajstić information content (AvgIpc) is 3.15. The van der Waals surface area contributed by atoms with E-state index in [-0.39, 0.29) is 21.4 Å². The summed E-state index contributed by atoms with van der Waals surface area (Å²) in [7, 11) is 0. The van der Waals surface area contributed by atoms with Gasteiger partial charge in [0.05, 0.1) is 12.5 Å². The van der Waals surface area contributed by atoms with Crippen molar-refractivity contribution in [3.63, 3.8) is 0 Å². The number of carboxylic acid groups (broad SMARTS) is 1. The smallest absolute Gasteiger partial charge is 0.410 e. The fourth-order valence-corrected chi connectivity index (χ4v) is 2.64. The SMILES string of the molecule is O=C(O)Nc1nc(-c2ccco2)c(C(=O)c2cnccn2)s1. The Balaban J connectivity index is 2.07. The molecule has 8 nitrogen and oxygen atoms in total. The van der Waals surface area contributed by atoms with Gasteiger partial charge in [-0.05, 0) is 12.1 Å². The molecule has 0 radical (unpaired) electrons. The number of hydrogen-bond donors (Lipinski definition) is 2. The molecule has 3 rings (SSSR count). The minimum absolute atomic E-state index is 0.0751. The highest BCUT2D eigenvalue weighted by Crippen LogP contribution is 2.32.